The van der Waals surface area contributed by atoms with Crippen molar-refractivity contribution < 1.29 is 0 Å². The Labute approximate surface area is 386 Å². The molecule has 0 aliphatic carbocycles. The maximum absolute atomic E-state index is 5.48. The zero-order valence-electron chi connectivity index (χ0n) is 36.3. The molecule has 0 N–H and O–H groups in total. The number of benzene rings is 10. The van der Waals surface area contributed by atoms with Crippen LogP contribution in [0.2, 0.25) is 0 Å². The Hall–Kier alpha value is -8.72. The molecule has 0 aliphatic heterocycles. The molecular weight excluding hydrogens is 797 g/mol. The van der Waals surface area contributed by atoms with Crippen molar-refractivity contribution in [1.29, 1.82) is 0 Å². The zero-order valence-corrected chi connectivity index (χ0v) is 36.3. The van der Waals surface area contributed by atoms with Crippen LogP contribution in [0, 0.1) is 0 Å². The fraction of sp³-hybridized carbons (Fsp3) is 0. The van der Waals surface area contributed by atoms with Crippen molar-refractivity contribution in [2.75, 3.05) is 0 Å². The molecular formula is C64H44N2. The largest absolute Gasteiger partial charge is 0.228 e. The molecule has 0 unspecified atom stereocenters. The van der Waals surface area contributed by atoms with Crippen LogP contribution in [-0.2, 0) is 0 Å². The van der Waals surface area contributed by atoms with Crippen molar-refractivity contribution in [3.05, 3.63) is 267 Å². The molecule has 2 heteroatoms. The van der Waals surface area contributed by atoms with Crippen LogP contribution in [-0.4, -0.2) is 9.97 Å². The number of nitrogens with zero attached hydrogens (tertiary/aromatic N) is 2. The maximum atomic E-state index is 5.48. The maximum Gasteiger partial charge on any atom is 0.161 e. The second kappa shape index (κ2) is 18.2. The summed E-state index contributed by atoms with van der Waals surface area (Å²) in [5.74, 6) is 0.676. The predicted octanol–water partition coefficient (Wildman–Crippen LogP) is 17.1. The van der Waals surface area contributed by atoms with Gasteiger partial charge in [0.05, 0.1) is 11.4 Å². The highest BCUT2D eigenvalue weighted by atomic mass is 14.9. The Morgan fingerprint density at radius 1 is 0.167 bits per heavy atom. The molecule has 11 aromatic rings. The summed E-state index contributed by atoms with van der Waals surface area (Å²) in [5, 5.41) is 0. The van der Waals surface area contributed by atoms with E-state index in [1.54, 1.807) is 0 Å². The van der Waals surface area contributed by atoms with E-state index < -0.39 is 0 Å². The molecule has 2 nitrogen and oxygen atoms in total. The fourth-order valence-electron chi connectivity index (χ4n) is 9.03. The lowest BCUT2D eigenvalue weighted by Crippen LogP contribution is -1.98. The van der Waals surface area contributed by atoms with E-state index in [0.717, 1.165) is 61.5 Å². The molecule has 11 rings (SSSR count). The van der Waals surface area contributed by atoms with Gasteiger partial charge in [-0.05, 0) is 114 Å². The first kappa shape index (κ1) is 40.1. The van der Waals surface area contributed by atoms with Crippen molar-refractivity contribution in [3.8, 4) is 112 Å². The molecule has 0 bridgehead atoms. The van der Waals surface area contributed by atoms with Crippen LogP contribution in [0.25, 0.3) is 112 Å². The van der Waals surface area contributed by atoms with E-state index in [9.17, 15) is 0 Å². The average Bonchev–Trinajstić information content (AvgIpc) is 3.41. The smallest absolute Gasteiger partial charge is 0.161 e. The van der Waals surface area contributed by atoms with Crippen LogP contribution in [0.3, 0.4) is 0 Å². The molecule has 0 amide bonds. The summed E-state index contributed by atoms with van der Waals surface area (Å²) < 4.78 is 0. The van der Waals surface area contributed by atoms with Gasteiger partial charge in [0.25, 0.3) is 0 Å². The Balaban J connectivity index is 1.15. The summed E-state index contributed by atoms with van der Waals surface area (Å²) in [7, 11) is 0. The normalized spacial score (nSPS) is 11.0. The van der Waals surface area contributed by atoms with Gasteiger partial charge in [-0.25, -0.2) is 9.97 Å². The van der Waals surface area contributed by atoms with E-state index in [4.69, 9.17) is 9.97 Å². The Kier molecular flexibility index (Phi) is 11.0. The van der Waals surface area contributed by atoms with E-state index in [2.05, 4.69) is 261 Å². The second-order valence-corrected chi connectivity index (χ2v) is 16.5. The van der Waals surface area contributed by atoms with Gasteiger partial charge in [-0.2, -0.15) is 0 Å². The molecule has 0 radical (unpaired) electrons. The highest BCUT2D eigenvalue weighted by molar-refractivity contribution is 5.92. The first-order valence-corrected chi connectivity index (χ1v) is 22.5. The monoisotopic (exact) mass is 840 g/mol. The van der Waals surface area contributed by atoms with Crippen LogP contribution in [0.15, 0.2) is 267 Å². The summed E-state index contributed by atoms with van der Waals surface area (Å²) in [6.45, 7) is 0. The predicted molar refractivity (Wildman–Crippen MR) is 276 cm³/mol. The van der Waals surface area contributed by atoms with Crippen molar-refractivity contribution in [2.45, 2.75) is 0 Å². The molecule has 0 saturated carbocycles. The molecule has 0 saturated heterocycles. The van der Waals surface area contributed by atoms with E-state index in [-0.39, 0.29) is 0 Å². The van der Waals surface area contributed by atoms with Gasteiger partial charge in [0.2, 0.25) is 0 Å². The topological polar surface area (TPSA) is 25.8 Å². The first-order valence-electron chi connectivity index (χ1n) is 22.5. The van der Waals surface area contributed by atoms with Crippen molar-refractivity contribution in [3.63, 3.8) is 0 Å². The lowest BCUT2D eigenvalue weighted by atomic mass is 9.88. The minimum atomic E-state index is 0.676. The number of hydrogen-bond donors (Lipinski definition) is 0. The van der Waals surface area contributed by atoms with Crippen LogP contribution in [0.5, 0.6) is 0 Å². The molecule has 0 spiro atoms. The highest BCUT2D eigenvalue weighted by Crippen LogP contribution is 2.42. The van der Waals surface area contributed by atoms with E-state index in [0.29, 0.717) is 5.82 Å². The quantitative estimate of drug-likeness (QED) is 0.137. The van der Waals surface area contributed by atoms with Gasteiger partial charge in [-0.3, -0.25) is 0 Å². The van der Waals surface area contributed by atoms with Gasteiger partial charge in [0, 0.05) is 16.7 Å². The number of hydrogen-bond acceptors (Lipinski definition) is 2. The van der Waals surface area contributed by atoms with Gasteiger partial charge in [0.15, 0.2) is 5.82 Å². The SMILES string of the molecule is c1ccc(-c2cc(-c3cc(-c4ccc(-c5ccccc5)c(-c5ccccc5)c4)cc(-c4ccc(-c5ccccc5)c(-c5ccccc5)c4)c3)nc(-c3ccccc3-c3ccccc3)n2)cc1. The Bertz CT molecular complexity index is 3280. The molecule has 310 valence electrons. The molecule has 66 heavy (non-hydrogen) atoms. The van der Waals surface area contributed by atoms with E-state index in [1.807, 2.05) is 6.07 Å². The van der Waals surface area contributed by atoms with Crippen molar-refractivity contribution >= 4 is 0 Å². The van der Waals surface area contributed by atoms with Gasteiger partial charge < -0.3 is 0 Å². The lowest BCUT2D eigenvalue weighted by molar-refractivity contribution is 1.18. The summed E-state index contributed by atoms with van der Waals surface area (Å²) in [5.41, 5.74) is 20.8. The third-order valence-corrected chi connectivity index (χ3v) is 12.3. The number of rotatable bonds is 10. The van der Waals surface area contributed by atoms with Crippen LogP contribution in [0.1, 0.15) is 0 Å². The minimum Gasteiger partial charge on any atom is -0.228 e. The van der Waals surface area contributed by atoms with Gasteiger partial charge in [-0.15, -0.1) is 0 Å². The molecule has 1 aromatic heterocycles. The molecule has 0 aliphatic rings. The molecule has 0 atom stereocenters. The Morgan fingerprint density at radius 3 is 0.879 bits per heavy atom. The van der Waals surface area contributed by atoms with Gasteiger partial charge >= 0.3 is 0 Å². The first-order chi connectivity index (χ1) is 32.7. The second-order valence-electron chi connectivity index (χ2n) is 16.5. The minimum absolute atomic E-state index is 0.676. The van der Waals surface area contributed by atoms with Crippen molar-refractivity contribution in [1.82, 2.24) is 9.97 Å². The molecule has 1 heterocycles. The lowest BCUT2D eigenvalue weighted by Gasteiger charge is -2.17. The fourth-order valence-corrected chi connectivity index (χ4v) is 9.03. The molecule has 0 fully saturated rings. The summed E-state index contributed by atoms with van der Waals surface area (Å²) in [6.07, 6.45) is 0. The van der Waals surface area contributed by atoms with Crippen molar-refractivity contribution in [2.24, 2.45) is 0 Å². The Morgan fingerprint density at radius 2 is 0.470 bits per heavy atom. The average molecular weight is 841 g/mol. The van der Waals surface area contributed by atoms with Gasteiger partial charge in [0.1, 0.15) is 0 Å². The van der Waals surface area contributed by atoms with Crippen LogP contribution in [0.4, 0.5) is 0 Å². The zero-order chi connectivity index (χ0) is 44.1. The van der Waals surface area contributed by atoms with Crippen LogP contribution < -0.4 is 0 Å². The van der Waals surface area contributed by atoms with Crippen LogP contribution >= 0.6 is 0 Å². The third kappa shape index (κ3) is 8.28. The van der Waals surface area contributed by atoms with E-state index >= 15 is 0 Å². The standard InChI is InChI=1S/C64H44N2/c1-7-21-45(22-8-1)56-33-19-20-34-59(56)64-65-62(50-31-17-6-18-32-50)44-63(66-64)55-40-53(51-35-37-57(46-23-9-2-10-24-46)60(42-51)48-27-13-4-14-28-48)39-54(41-55)52-36-38-58(47-25-11-3-12-26-47)61(43-52)49-29-15-5-16-30-49/h1-44H. The summed E-state index contributed by atoms with van der Waals surface area (Å²) in [6, 6.07) is 95.1. The highest BCUT2D eigenvalue weighted by Gasteiger charge is 2.18. The van der Waals surface area contributed by atoms with E-state index in [1.165, 1.54) is 44.5 Å². The summed E-state index contributed by atoms with van der Waals surface area (Å²) in [4.78, 5) is 10.8. The summed E-state index contributed by atoms with van der Waals surface area (Å²) >= 11 is 0. The molecule has 10 aromatic carbocycles. The number of aromatic nitrogens is 2. The van der Waals surface area contributed by atoms with Gasteiger partial charge in [-0.1, -0.05) is 231 Å². The third-order valence-electron chi connectivity index (χ3n) is 12.3.